The lowest BCUT2D eigenvalue weighted by molar-refractivity contribution is 0.298. The third-order valence-corrected chi connectivity index (χ3v) is 1.44. The van der Waals surface area contributed by atoms with Gasteiger partial charge in [0.2, 0.25) is 0 Å². The first-order chi connectivity index (χ1) is 5.36. The molecule has 0 aliphatic rings. The van der Waals surface area contributed by atoms with Crippen molar-refractivity contribution >= 4 is 5.82 Å². The van der Waals surface area contributed by atoms with Crippen LogP contribution in [0.15, 0.2) is 18.2 Å². The predicted molar refractivity (Wildman–Crippen MR) is 46.0 cm³/mol. The largest absolute Gasteiger partial charge is 0.445 e. The zero-order chi connectivity index (χ0) is 8.10. The van der Waals surface area contributed by atoms with Crippen molar-refractivity contribution in [3.8, 4) is 0 Å². The van der Waals surface area contributed by atoms with Crippen molar-refractivity contribution in [2.45, 2.75) is 6.42 Å². The van der Waals surface area contributed by atoms with Crippen molar-refractivity contribution in [1.82, 2.24) is 4.98 Å². The monoisotopic (exact) mass is 153 g/mol. The Labute approximate surface area is 66.1 Å². The number of aromatic nitrogens is 1. The molecule has 0 saturated heterocycles. The van der Waals surface area contributed by atoms with Crippen molar-refractivity contribution in [2.75, 3.05) is 19.0 Å². The van der Waals surface area contributed by atoms with Gasteiger partial charge in [-0.25, -0.2) is 4.98 Å². The summed E-state index contributed by atoms with van der Waals surface area (Å²) in [6, 6.07) is 5.80. The lowest BCUT2D eigenvalue weighted by atomic mass is 10.3. The molecule has 3 N–H and O–H groups in total. The molecule has 0 unspecified atom stereocenters. The Morgan fingerprint density at radius 3 is 3.00 bits per heavy atom. The molecule has 0 radical (unpaired) electrons. The van der Waals surface area contributed by atoms with Crippen LogP contribution in [0.25, 0.3) is 0 Å². The second-order valence-electron chi connectivity index (χ2n) is 2.26. The molecule has 0 saturated carbocycles. The second kappa shape index (κ2) is 3.93. The van der Waals surface area contributed by atoms with Gasteiger partial charge in [0.15, 0.2) is 0 Å². The van der Waals surface area contributed by atoms with Crippen molar-refractivity contribution < 1.29 is 5.11 Å². The van der Waals surface area contributed by atoms with Gasteiger partial charge in [0.1, 0.15) is 12.4 Å². The van der Waals surface area contributed by atoms with Crippen LogP contribution in [0, 0.1) is 0 Å². The number of hydrogen-bond donors (Lipinski definition) is 1. The summed E-state index contributed by atoms with van der Waals surface area (Å²) < 4.78 is 0. The minimum Gasteiger partial charge on any atom is -0.445 e. The third-order valence-electron chi connectivity index (χ3n) is 1.44. The maximum absolute atomic E-state index is 7.01. The third kappa shape index (κ3) is 2.20. The molecule has 60 valence electrons. The zero-order valence-electron chi connectivity index (χ0n) is 6.59. The number of pyridine rings is 1. The summed E-state index contributed by atoms with van der Waals surface area (Å²) >= 11 is 0. The molecule has 3 nitrogen and oxygen atoms in total. The van der Waals surface area contributed by atoms with Gasteiger partial charge in [-0.1, -0.05) is 6.07 Å². The molecule has 0 aliphatic heterocycles. The smallest absolute Gasteiger partial charge is 0.149 e. The van der Waals surface area contributed by atoms with E-state index in [0.29, 0.717) is 6.61 Å². The van der Waals surface area contributed by atoms with Gasteiger partial charge in [-0.3, -0.25) is 0 Å². The maximum Gasteiger partial charge on any atom is 0.149 e. The number of anilines is 1. The fraction of sp³-hybridized carbons (Fsp3) is 0.375. The highest BCUT2D eigenvalue weighted by atomic mass is 16.3. The van der Waals surface area contributed by atoms with E-state index in [0.717, 1.165) is 17.9 Å². The standard InChI is InChI=1S/C8H12N2O/c1-9-8-4-2-3-7(10-8)5-6-11/h2-4,11H,5-6H2,1H3,(H,9,10)/p+1. The maximum atomic E-state index is 7.01. The van der Waals surface area contributed by atoms with Crippen LogP contribution in [-0.2, 0) is 6.42 Å². The Morgan fingerprint density at radius 1 is 1.55 bits per heavy atom. The molecular weight excluding hydrogens is 140 g/mol. The fourth-order valence-electron chi connectivity index (χ4n) is 0.886. The molecule has 1 rings (SSSR count). The molecule has 3 heteroatoms. The van der Waals surface area contributed by atoms with Crippen molar-refractivity contribution in [2.24, 2.45) is 0 Å². The number of rotatable bonds is 3. The van der Waals surface area contributed by atoms with Crippen LogP contribution in [0.2, 0.25) is 0 Å². The van der Waals surface area contributed by atoms with E-state index in [2.05, 4.69) is 10.3 Å². The van der Waals surface area contributed by atoms with Gasteiger partial charge >= 0.3 is 0 Å². The van der Waals surface area contributed by atoms with E-state index in [9.17, 15) is 0 Å². The van der Waals surface area contributed by atoms with E-state index in [1.807, 2.05) is 25.2 Å². The molecule has 0 spiro atoms. The fourth-order valence-corrected chi connectivity index (χ4v) is 0.886. The van der Waals surface area contributed by atoms with Gasteiger partial charge in [0.25, 0.3) is 0 Å². The SMILES string of the molecule is CNc1cccc(CC[OH2+])n1. The molecule has 1 heterocycles. The second-order valence-corrected chi connectivity index (χ2v) is 2.26. The van der Waals surface area contributed by atoms with E-state index in [-0.39, 0.29) is 0 Å². The molecule has 0 fully saturated rings. The molecule has 0 atom stereocenters. The van der Waals surface area contributed by atoms with Gasteiger partial charge < -0.3 is 10.4 Å². The quantitative estimate of drug-likeness (QED) is 0.638. The molecule has 0 aromatic carbocycles. The Bertz CT molecular complexity index is 225. The molecular formula is C8H13N2O+. The van der Waals surface area contributed by atoms with E-state index < -0.39 is 0 Å². The number of hydrogen-bond acceptors (Lipinski definition) is 2. The average molecular weight is 153 g/mol. The predicted octanol–water partition coefficient (Wildman–Crippen LogP) is 0.390. The van der Waals surface area contributed by atoms with Gasteiger partial charge in [0, 0.05) is 7.05 Å². The summed E-state index contributed by atoms with van der Waals surface area (Å²) in [5.74, 6) is 0.871. The zero-order valence-corrected chi connectivity index (χ0v) is 6.59. The highest BCUT2D eigenvalue weighted by Gasteiger charge is 1.95. The molecule has 0 bridgehead atoms. The Morgan fingerprint density at radius 2 is 2.36 bits per heavy atom. The van der Waals surface area contributed by atoms with Crippen molar-refractivity contribution in [3.63, 3.8) is 0 Å². The normalized spacial score (nSPS) is 9.64. The molecule has 0 aliphatic carbocycles. The highest BCUT2D eigenvalue weighted by molar-refractivity contribution is 5.34. The van der Waals surface area contributed by atoms with E-state index in [1.54, 1.807) is 0 Å². The lowest BCUT2D eigenvalue weighted by Crippen LogP contribution is -1.98. The van der Waals surface area contributed by atoms with Crippen LogP contribution >= 0.6 is 0 Å². The van der Waals surface area contributed by atoms with Crippen LogP contribution in [-0.4, -0.2) is 23.7 Å². The molecule has 1 aromatic rings. The topological polar surface area (TPSA) is 47.8 Å². The van der Waals surface area contributed by atoms with Crippen molar-refractivity contribution in [3.05, 3.63) is 23.9 Å². The van der Waals surface area contributed by atoms with Crippen LogP contribution in [0.1, 0.15) is 5.69 Å². The summed E-state index contributed by atoms with van der Waals surface area (Å²) in [5, 5.41) is 9.96. The number of nitrogens with zero attached hydrogens (tertiary/aromatic N) is 1. The first kappa shape index (κ1) is 8.01. The van der Waals surface area contributed by atoms with Gasteiger partial charge in [-0.2, -0.15) is 0 Å². The van der Waals surface area contributed by atoms with E-state index in [4.69, 9.17) is 5.11 Å². The van der Waals surface area contributed by atoms with Crippen molar-refractivity contribution in [1.29, 1.82) is 0 Å². The first-order valence-electron chi connectivity index (χ1n) is 3.65. The number of nitrogens with one attached hydrogen (secondary N) is 1. The molecule has 11 heavy (non-hydrogen) atoms. The van der Waals surface area contributed by atoms with E-state index in [1.165, 1.54) is 0 Å². The summed E-state index contributed by atoms with van der Waals surface area (Å²) in [7, 11) is 1.84. The lowest BCUT2D eigenvalue weighted by Gasteiger charge is -2.00. The summed E-state index contributed by atoms with van der Waals surface area (Å²) in [6.45, 7) is 0.403. The first-order valence-corrected chi connectivity index (χ1v) is 3.65. The van der Waals surface area contributed by atoms with Crippen LogP contribution in [0.4, 0.5) is 5.82 Å². The van der Waals surface area contributed by atoms with E-state index >= 15 is 0 Å². The summed E-state index contributed by atoms with van der Waals surface area (Å²) in [6.07, 6.45) is 0.732. The van der Waals surface area contributed by atoms with Crippen LogP contribution in [0.5, 0.6) is 0 Å². The Kier molecular flexibility index (Phi) is 2.86. The Hall–Kier alpha value is -1.09. The summed E-state index contributed by atoms with van der Waals surface area (Å²) in [5.41, 5.74) is 0.979. The minimum absolute atomic E-state index is 0.403. The van der Waals surface area contributed by atoms with Crippen LogP contribution < -0.4 is 5.32 Å². The van der Waals surface area contributed by atoms with Gasteiger partial charge in [0.05, 0.1) is 12.1 Å². The van der Waals surface area contributed by atoms with Gasteiger partial charge in [-0.15, -0.1) is 0 Å². The molecule has 0 amide bonds. The Balaban J connectivity index is 2.74. The minimum atomic E-state index is 0.403. The summed E-state index contributed by atoms with van der Waals surface area (Å²) in [4.78, 5) is 4.25. The molecule has 1 aromatic heterocycles. The van der Waals surface area contributed by atoms with Crippen LogP contribution in [0.3, 0.4) is 0 Å². The van der Waals surface area contributed by atoms with Gasteiger partial charge in [-0.05, 0) is 12.1 Å². The average Bonchev–Trinajstić information content (AvgIpc) is 2.06. The highest BCUT2D eigenvalue weighted by Crippen LogP contribution is 2.03.